The van der Waals surface area contributed by atoms with E-state index in [0.717, 1.165) is 24.3 Å². The van der Waals surface area contributed by atoms with Gasteiger partial charge in [0.15, 0.2) is 0 Å². The Hall–Kier alpha value is -3.02. The Balaban J connectivity index is 1.30. The van der Waals surface area contributed by atoms with Crippen molar-refractivity contribution in [1.29, 1.82) is 0 Å². The molecule has 0 atom stereocenters. The van der Waals surface area contributed by atoms with E-state index in [1.807, 2.05) is 24.3 Å². The number of ether oxygens (including phenoxy) is 4. The fraction of sp³-hybridized carbons (Fsp3) is 0.611. The molecule has 0 heterocycles. The monoisotopic (exact) mass is 580 g/mol. The first-order valence-corrected chi connectivity index (χ1v) is 16.5. The third-order valence-electron chi connectivity index (χ3n) is 8.01. The first-order chi connectivity index (χ1) is 20.6. The quantitative estimate of drug-likeness (QED) is 0.0882. The molecule has 1 aliphatic carbocycles. The summed E-state index contributed by atoms with van der Waals surface area (Å²) in [5.41, 5.74) is 0. The molecular weight excluding hydrogens is 528 g/mol. The molecule has 0 N–H and O–H groups in total. The summed E-state index contributed by atoms with van der Waals surface area (Å²) in [5.74, 6) is 1.73. The predicted molar refractivity (Wildman–Crippen MR) is 167 cm³/mol. The molecule has 6 nitrogen and oxygen atoms in total. The van der Waals surface area contributed by atoms with Crippen molar-refractivity contribution in [3.63, 3.8) is 0 Å². The number of hydrogen-bond donors (Lipinski definition) is 0. The molecule has 0 radical (unpaired) electrons. The zero-order valence-corrected chi connectivity index (χ0v) is 26.0. The summed E-state index contributed by atoms with van der Waals surface area (Å²) in [6.07, 6.45) is 17.2. The minimum Gasteiger partial charge on any atom is -0.494 e. The molecule has 2 aromatic rings. The molecule has 0 aliphatic heterocycles. The number of rotatable bonds is 20. The summed E-state index contributed by atoms with van der Waals surface area (Å²) in [4.78, 5) is 25.5. The summed E-state index contributed by atoms with van der Waals surface area (Å²) in [6, 6.07) is 14.5. The van der Waals surface area contributed by atoms with Crippen molar-refractivity contribution in [2.75, 3.05) is 13.2 Å². The maximum Gasteiger partial charge on any atom is 0.314 e. The van der Waals surface area contributed by atoms with Crippen LogP contribution in [0.25, 0.3) is 0 Å². The van der Waals surface area contributed by atoms with Gasteiger partial charge < -0.3 is 18.9 Å². The second-order valence-corrected chi connectivity index (χ2v) is 11.6. The van der Waals surface area contributed by atoms with Gasteiger partial charge in [0.05, 0.1) is 25.0 Å². The van der Waals surface area contributed by atoms with Crippen LogP contribution in [0.2, 0.25) is 0 Å². The van der Waals surface area contributed by atoms with Gasteiger partial charge in [-0.1, -0.05) is 78.1 Å². The Morgan fingerprint density at radius 2 is 0.810 bits per heavy atom. The van der Waals surface area contributed by atoms with Crippen LogP contribution in [0.4, 0.5) is 0 Å². The highest BCUT2D eigenvalue weighted by molar-refractivity contribution is 5.77. The summed E-state index contributed by atoms with van der Waals surface area (Å²) >= 11 is 0. The van der Waals surface area contributed by atoms with Crippen molar-refractivity contribution < 1.29 is 28.5 Å². The van der Waals surface area contributed by atoms with Crippen molar-refractivity contribution in [1.82, 2.24) is 0 Å². The molecule has 0 saturated heterocycles. The van der Waals surface area contributed by atoms with Crippen LogP contribution < -0.4 is 18.9 Å². The lowest BCUT2D eigenvalue weighted by molar-refractivity contribution is -0.145. The summed E-state index contributed by atoms with van der Waals surface area (Å²) in [6.45, 7) is 5.86. The number of unbranched alkanes of at least 4 members (excludes halogenated alkanes) is 10. The number of carbonyl (C=O) groups excluding carboxylic acids is 2. The summed E-state index contributed by atoms with van der Waals surface area (Å²) in [5, 5.41) is 0. The highest BCUT2D eigenvalue weighted by Gasteiger charge is 2.32. The molecule has 0 bridgehead atoms. The molecule has 0 unspecified atom stereocenters. The molecule has 3 rings (SSSR count). The van der Waals surface area contributed by atoms with Crippen LogP contribution in [0.3, 0.4) is 0 Å². The summed E-state index contributed by atoms with van der Waals surface area (Å²) < 4.78 is 22.9. The van der Waals surface area contributed by atoms with Gasteiger partial charge in [0.2, 0.25) is 0 Å². The van der Waals surface area contributed by atoms with Gasteiger partial charge in [-0.3, -0.25) is 9.59 Å². The molecule has 42 heavy (non-hydrogen) atoms. The van der Waals surface area contributed by atoms with Crippen LogP contribution in [0.15, 0.2) is 48.5 Å². The van der Waals surface area contributed by atoms with Gasteiger partial charge in [0.1, 0.15) is 23.0 Å². The van der Waals surface area contributed by atoms with Gasteiger partial charge in [-0.05, 0) is 87.1 Å². The zero-order valence-electron chi connectivity index (χ0n) is 26.0. The number of hydrogen-bond acceptors (Lipinski definition) is 6. The number of esters is 2. The van der Waals surface area contributed by atoms with Crippen LogP contribution in [0, 0.1) is 11.8 Å². The second-order valence-electron chi connectivity index (χ2n) is 11.6. The average Bonchev–Trinajstić information content (AvgIpc) is 3.02. The van der Waals surface area contributed by atoms with E-state index in [2.05, 4.69) is 13.8 Å². The van der Waals surface area contributed by atoms with Crippen LogP contribution in [-0.2, 0) is 9.59 Å². The first-order valence-electron chi connectivity index (χ1n) is 16.5. The van der Waals surface area contributed by atoms with Gasteiger partial charge in [-0.15, -0.1) is 0 Å². The van der Waals surface area contributed by atoms with E-state index in [1.54, 1.807) is 24.3 Å². The van der Waals surface area contributed by atoms with Crippen molar-refractivity contribution in [2.45, 2.75) is 117 Å². The van der Waals surface area contributed by atoms with E-state index in [0.29, 0.717) is 50.4 Å². The van der Waals surface area contributed by atoms with E-state index in [-0.39, 0.29) is 23.8 Å². The highest BCUT2D eigenvalue weighted by Crippen LogP contribution is 2.32. The first kappa shape index (κ1) is 33.5. The fourth-order valence-corrected chi connectivity index (χ4v) is 5.32. The van der Waals surface area contributed by atoms with E-state index in [4.69, 9.17) is 18.9 Å². The zero-order chi connectivity index (χ0) is 29.8. The molecular formula is C36H52O6. The van der Waals surface area contributed by atoms with E-state index < -0.39 is 0 Å². The molecule has 0 spiro atoms. The van der Waals surface area contributed by atoms with E-state index >= 15 is 0 Å². The predicted octanol–water partition coefficient (Wildman–Crippen LogP) is 9.48. The molecule has 0 amide bonds. The maximum atomic E-state index is 12.7. The Labute approximate surface area is 253 Å². The molecule has 1 aliphatic rings. The van der Waals surface area contributed by atoms with E-state index in [1.165, 1.54) is 64.2 Å². The van der Waals surface area contributed by atoms with Crippen LogP contribution in [0.5, 0.6) is 23.0 Å². The largest absolute Gasteiger partial charge is 0.494 e. The van der Waals surface area contributed by atoms with Crippen LogP contribution >= 0.6 is 0 Å². The van der Waals surface area contributed by atoms with Crippen LogP contribution in [0.1, 0.15) is 117 Å². The van der Waals surface area contributed by atoms with Gasteiger partial charge in [0, 0.05) is 0 Å². The van der Waals surface area contributed by atoms with Crippen molar-refractivity contribution >= 4 is 11.9 Å². The molecule has 2 aromatic carbocycles. The Morgan fingerprint density at radius 1 is 0.500 bits per heavy atom. The van der Waals surface area contributed by atoms with Gasteiger partial charge >= 0.3 is 11.9 Å². The highest BCUT2D eigenvalue weighted by atomic mass is 16.5. The SMILES string of the molecule is CCCCCCCCOc1ccc(OC(=O)C2CCC(C(=O)Oc3ccc(OCCCCCCCC)cc3)CC2)cc1. The maximum absolute atomic E-state index is 12.7. The minimum absolute atomic E-state index is 0.208. The topological polar surface area (TPSA) is 71.1 Å². The third-order valence-corrected chi connectivity index (χ3v) is 8.01. The lowest BCUT2D eigenvalue weighted by atomic mass is 9.82. The Kier molecular flexibility index (Phi) is 15.9. The lowest BCUT2D eigenvalue weighted by Gasteiger charge is -2.25. The minimum atomic E-state index is -0.237. The number of carbonyl (C=O) groups is 2. The smallest absolute Gasteiger partial charge is 0.314 e. The third kappa shape index (κ3) is 12.9. The average molecular weight is 581 g/mol. The fourth-order valence-electron chi connectivity index (χ4n) is 5.32. The van der Waals surface area contributed by atoms with Crippen LogP contribution in [-0.4, -0.2) is 25.2 Å². The van der Waals surface area contributed by atoms with Crippen molar-refractivity contribution in [3.8, 4) is 23.0 Å². The summed E-state index contributed by atoms with van der Waals surface area (Å²) in [7, 11) is 0. The van der Waals surface area contributed by atoms with Crippen molar-refractivity contribution in [3.05, 3.63) is 48.5 Å². The normalized spacial score (nSPS) is 16.5. The number of benzene rings is 2. The Morgan fingerprint density at radius 3 is 1.17 bits per heavy atom. The standard InChI is InChI=1S/C36H52O6/c1-3-5-7-9-11-13-27-39-31-19-23-33(24-20-31)41-35(37)29-15-17-30(18-16-29)36(38)42-34-25-21-32(22-26-34)40-28-14-12-10-8-6-4-2/h19-26,29-30H,3-18,27-28H2,1-2H3. The molecule has 0 aromatic heterocycles. The van der Waals surface area contributed by atoms with E-state index in [9.17, 15) is 9.59 Å². The lowest BCUT2D eigenvalue weighted by Crippen LogP contribution is -2.30. The Bertz CT molecular complexity index is 925. The molecule has 1 fully saturated rings. The second kappa shape index (κ2) is 20.0. The molecule has 232 valence electrons. The van der Waals surface area contributed by atoms with Gasteiger partial charge in [-0.2, -0.15) is 0 Å². The van der Waals surface area contributed by atoms with Gasteiger partial charge in [-0.25, -0.2) is 0 Å². The molecule has 6 heteroatoms. The van der Waals surface area contributed by atoms with Gasteiger partial charge in [0.25, 0.3) is 0 Å². The molecule has 1 saturated carbocycles. The van der Waals surface area contributed by atoms with Crippen molar-refractivity contribution in [2.24, 2.45) is 11.8 Å².